The van der Waals surface area contributed by atoms with E-state index in [1.807, 2.05) is 13.2 Å². The molecule has 1 aliphatic carbocycles. The molecule has 0 radical (unpaired) electrons. The SMILES string of the molecule is CSCCC(C)N(C)S(=O)(=O)C1CCCC1C(=O)O. The highest BCUT2D eigenvalue weighted by atomic mass is 32.2. The van der Waals surface area contributed by atoms with E-state index < -0.39 is 27.2 Å². The van der Waals surface area contributed by atoms with Crippen molar-refractivity contribution in [3.63, 3.8) is 0 Å². The average molecular weight is 309 g/mol. The van der Waals surface area contributed by atoms with Crippen LogP contribution >= 0.6 is 11.8 Å². The summed E-state index contributed by atoms with van der Waals surface area (Å²) < 4.78 is 26.4. The number of hydrogen-bond acceptors (Lipinski definition) is 4. The van der Waals surface area contributed by atoms with E-state index in [1.165, 1.54) is 4.31 Å². The molecule has 0 aromatic heterocycles. The maximum Gasteiger partial charge on any atom is 0.307 e. The second-order valence-corrected chi connectivity index (χ2v) is 8.30. The second-order valence-electron chi connectivity index (χ2n) is 5.11. The molecular weight excluding hydrogens is 286 g/mol. The normalized spacial score (nSPS) is 25.7. The van der Waals surface area contributed by atoms with Crippen LogP contribution in [0, 0.1) is 5.92 Å². The fraction of sp³-hybridized carbons (Fsp3) is 0.917. The first kappa shape index (κ1) is 16.8. The summed E-state index contributed by atoms with van der Waals surface area (Å²) in [4.78, 5) is 11.1. The summed E-state index contributed by atoms with van der Waals surface area (Å²) in [7, 11) is -1.95. The van der Waals surface area contributed by atoms with Gasteiger partial charge in [-0.1, -0.05) is 6.42 Å². The minimum atomic E-state index is -3.52. The van der Waals surface area contributed by atoms with Crippen LogP contribution in [-0.4, -0.2) is 54.1 Å². The van der Waals surface area contributed by atoms with Gasteiger partial charge in [0.15, 0.2) is 0 Å². The quantitative estimate of drug-likeness (QED) is 0.774. The summed E-state index contributed by atoms with van der Waals surface area (Å²) in [5, 5.41) is 8.36. The molecule has 0 spiro atoms. The zero-order valence-electron chi connectivity index (χ0n) is 11.7. The lowest BCUT2D eigenvalue weighted by Gasteiger charge is -2.28. The fourth-order valence-corrected chi connectivity index (χ4v) is 5.24. The number of carboxylic acids is 1. The number of thioether (sulfide) groups is 1. The predicted octanol–water partition coefficient (Wildman–Crippen LogP) is 1.64. The van der Waals surface area contributed by atoms with Crippen molar-refractivity contribution in [1.82, 2.24) is 4.31 Å². The van der Waals surface area contributed by atoms with E-state index in [9.17, 15) is 13.2 Å². The van der Waals surface area contributed by atoms with Crippen molar-refractivity contribution in [1.29, 1.82) is 0 Å². The van der Waals surface area contributed by atoms with Gasteiger partial charge < -0.3 is 5.11 Å². The molecule has 3 unspecified atom stereocenters. The smallest absolute Gasteiger partial charge is 0.307 e. The van der Waals surface area contributed by atoms with Gasteiger partial charge in [0.05, 0.1) is 11.2 Å². The van der Waals surface area contributed by atoms with Gasteiger partial charge in [0, 0.05) is 13.1 Å². The second kappa shape index (κ2) is 6.95. The van der Waals surface area contributed by atoms with E-state index in [4.69, 9.17) is 5.11 Å². The monoisotopic (exact) mass is 309 g/mol. The minimum absolute atomic E-state index is 0.0903. The molecule has 0 bridgehead atoms. The van der Waals surface area contributed by atoms with Gasteiger partial charge in [0.1, 0.15) is 0 Å². The first-order valence-corrected chi connectivity index (χ1v) is 9.40. The molecule has 0 aliphatic heterocycles. The van der Waals surface area contributed by atoms with Crippen LogP contribution in [0.25, 0.3) is 0 Å². The number of sulfonamides is 1. The number of aliphatic carboxylic acids is 1. The van der Waals surface area contributed by atoms with Gasteiger partial charge >= 0.3 is 5.97 Å². The summed E-state index contributed by atoms with van der Waals surface area (Å²) in [5.41, 5.74) is 0. The Labute approximate surface area is 119 Å². The predicted molar refractivity (Wildman–Crippen MR) is 77.9 cm³/mol. The van der Waals surface area contributed by atoms with Crippen molar-refractivity contribution < 1.29 is 18.3 Å². The Bertz CT molecular complexity index is 410. The van der Waals surface area contributed by atoms with Crippen LogP contribution in [-0.2, 0) is 14.8 Å². The largest absolute Gasteiger partial charge is 0.481 e. The number of hydrogen-bond donors (Lipinski definition) is 1. The molecule has 1 rings (SSSR count). The molecule has 19 heavy (non-hydrogen) atoms. The molecule has 7 heteroatoms. The summed E-state index contributed by atoms with van der Waals surface area (Å²) in [6, 6.07) is -0.0903. The lowest BCUT2D eigenvalue weighted by Crippen LogP contribution is -2.44. The van der Waals surface area contributed by atoms with Gasteiger partial charge in [-0.2, -0.15) is 11.8 Å². The Morgan fingerprint density at radius 3 is 2.63 bits per heavy atom. The zero-order chi connectivity index (χ0) is 14.6. The highest BCUT2D eigenvalue weighted by Gasteiger charge is 2.44. The van der Waals surface area contributed by atoms with E-state index >= 15 is 0 Å². The molecular formula is C12H23NO4S2. The van der Waals surface area contributed by atoms with Crippen molar-refractivity contribution in [2.24, 2.45) is 5.92 Å². The van der Waals surface area contributed by atoms with Crippen LogP contribution in [0.4, 0.5) is 0 Å². The number of rotatable bonds is 7. The molecule has 5 nitrogen and oxygen atoms in total. The van der Waals surface area contributed by atoms with Gasteiger partial charge in [-0.3, -0.25) is 4.79 Å². The molecule has 0 amide bonds. The van der Waals surface area contributed by atoms with Gasteiger partial charge in [0.25, 0.3) is 0 Å². The van der Waals surface area contributed by atoms with Crippen molar-refractivity contribution >= 4 is 27.8 Å². The zero-order valence-corrected chi connectivity index (χ0v) is 13.3. The molecule has 0 saturated heterocycles. The Balaban J connectivity index is 2.81. The molecule has 1 saturated carbocycles. The van der Waals surface area contributed by atoms with Crippen molar-refractivity contribution in [2.75, 3.05) is 19.1 Å². The third-order valence-electron chi connectivity index (χ3n) is 3.91. The summed E-state index contributed by atoms with van der Waals surface area (Å²) >= 11 is 1.68. The first-order chi connectivity index (χ1) is 8.82. The topological polar surface area (TPSA) is 74.7 Å². The fourth-order valence-electron chi connectivity index (χ4n) is 2.50. The van der Waals surface area contributed by atoms with Crippen molar-refractivity contribution in [2.45, 2.75) is 43.9 Å². The molecule has 1 fully saturated rings. The van der Waals surface area contributed by atoms with E-state index in [0.29, 0.717) is 19.3 Å². The third kappa shape index (κ3) is 3.86. The number of carboxylic acid groups (broad SMARTS) is 1. The number of carbonyl (C=O) groups is 1. The van der Waals surface area contributed by atoms with E-state index in [2.05, 4.69) is 0 Å². The molecule has 0 aromatic carbocycles. The number of nitrogens with zero attached hydrogens (tertiary/aromatic N) is 1. The van der Waals surface area contributed by atoms with Crippen LogP contribution in [0.3, 0.4) is 0 Å². The lowest BCUT2D eigenvalue weighted by molar-refractivity contribution is -0.141. The summed E-state index contributed by atoms with van der Waals surface area (Å²) in [6.45, 7) is 1.87. The molecule has 1 aliphatic rings. The molecule has 0 heterocycles. The van der Waals surface area contributed by atoms with Crippen LogP contribution in [0.15, 0.2) is 0 Å². The molecule has 1 N–H and O–H groups in total. The Morgan fingerprint density at radius 2 is 2.11 bits per heavy atom. The van der Waals surface area contributed by atoms with Crippen molar-refractivity contribution in [3.8, 4) is 0 Å². The third-order valence-corrected chi connectivity index (χ3v) is 7.05. The van der Waals surface area contributed by atoms with Gasteiger partial charge in [-0.25, -0.2) is 12.7 Å². The highest BCUT2D eigenvalue weighted by molar-refractivity contribution is 7.98. The van der Waals surface area contributed by atoms with Gasteiger partial charge in [0.2, 0.25) is 10.0 Å². The lowest BCUT2D eigenvalue weighted by atomic mass is 10.1. The van der Waals surface area contributed by atoms with Gasteiger partial charge in [-0.15, -0.1) is 0 Å². The van der Waals surface area contributed by atoms with Crippen molar-refractivity contribution in [3.05, 3.63) is 0 Å². The van der Waals surface area contributed by atoms with Gasteiger partial charge in [-0.05, 0) is 38.2 Å². The molecule has 112 valence electrons. The Hall–Kier alpha value is -0.270. The summed E-state index contributed by atoms with van der Waals surface area (Å²) in [6.07, 6.45) is 4.36. The average Bonchev–Trinajstić information content (AvgIpc) is 2.84. The molecule has 0 aromatic rings. The maximum absolute atomic E-state index is 12.5. The standard InChI is InChI=1S/C12H23NO4S2/c1-9(7-8-18-3)13(2)19(16,17)11-6-4-5-10(11)12(14)15/h9-11H,4-8H2,1-3H3,(H,14,15). The maximum atomic E-state index is 12.5. The van der Waals surface area contributed by atoms with Crippen LogP contribution < -0.4 is 0 Å². The highest BCUT2D eigenvalue weighted by Crippen LogP contribution is 2.33. The summed E-state index contributed by atoms with van der Waals surface area (Å²) in [5.74, 6) is -0.843. The van der Waals surface area contributed by atoms with Crippen LogP contribution in [0.5, 0.6) is 0 Å². The van der Waals surface area contributed by atoms with E-state index in [0.717, 1.165) is 12.2 Å². The first-order valence-electron chi connectivity index (χ1n) is 6.51. The molecule has 3 atom stereocenters. The minimum Gasteiger partial charge on any atom is -0.481 e. The van der Waals surface area contributed by atoms with E-state index in [1.54, 1.807) is 18.8 Å². The van der Waals surface area contributed by atoms with E-state index in [-0.39, 0.29) is 6.04 Å². The Morgan fingerprint density at radius 1 is 1.47 bits per heavy atom. The van der Waals surface area contributed by atoms with Crippen LogP contribution in [0.2, 0.25) is 0 Å². The Kier molecular flexibility index (Phi) is 6.14. The van der Waals surface area contributed by atoms with Crippen LogP contribution in [0.1, 0.15) is 32.6 Å².